The molecule has 19 heavy (non-hydrogen) atoms. The van der Waals surface area contributed by atoms with Crippen molar-refractivity contribution in [2.75, 3.05) is 6.61 Å². The molecule has 1 nitrogen and oxygen atoms in total. The fourth-order valence-corrected chi connectivity index (χ4v) is 2.15. The molecule has 0 amide bonds. The Labute approximate surface area is 119 Å². The SMILES string of the molecule is CCCCOc1ccc(CCCCCC(C)C)cc1. The molecule has 0 radical (unpaired) electrons. The van der Waals surface area contributed by atoms with Gasteiger partial charge in [-0.25, -0.2) is 0 Å². The second-order valence-electron chi connectivity index (χ2n) is 5.84. The summed E-state index contributed by atoms with van der Waals surface area (Å²) in [7, 11) is 0. The molecule has 0 aliphatic carbocycles. The molecule has 1 aromatic carbocycles. The van der Waals surface area contributed by atoms with Crippen molar-refractivity contribution in [1.82, 2.24) is 0 Å². The second-order valence-corrected chi connectivity index (χ2v) is 5.84. The van der Waals surface area contributed by atoms with Gasteiger partial charge in [0.15, 0.2) is 0 Å². The van der Waals surface area contributed by atoms with Gasteiger partial charge in [-0.05, 0) is 42.9 Å². The Balaban J connectivity index is 2.17. The maximum atomic E-state index is 5.67. The quantitative estimate of drug-likeness (QED) is 0.497. The van der Waals surface area contributed by atoms with Crippen molar-refractivity contribution in [1.29, 1.82) is 0 Å². The van der Waals surface area contributed by atoms with Crippen LogP contribution < -0.4 is 4.74 Å². The highest BCUT2D eigenvalue weighted by Crippen LogP contribution is 2.15. The molecule has 0 fully saturated rings. The molecule has 108 valence electrons. The number of aryl methyl sites for hydroxylation is 1. The highest BCUT2D eigenvalue weighted by Gasteiger charge is 1.98. The van der Waals surface area contributed by atoms with Crippen molar-refractivity contribution in [3.8, 4) is 5.75 Å². The van der Waals surface area contributed by atoms with Crippen LogP contribution in [0.5, 0.6) is 5.75 Å². The lowest BCUT2D eigenvalue weighted by atomic mass is 10.0. The van der Waals surface area contributed by atoms with E-state index in [1.54, 1.807) is 0 Å². The molecule has 0 aromatic heterocycles. The van der Waals surface area contributed by atoms with Gasteiger partial charge in [-0.1, -0.05) is 58.6 Å². The van der Waals surface area contributed by atoms with Gasteiger partial charge < -0.3 is 4.74 Å². The first-order valence-electron chi connectivity index (χ1n) is 7.94. The van der Waals surface area contributed by atoms with Gasteiger partial charge in [-0.15, -0.1) is 0 Å². The zero-order chi connectivity index (χ0) is 13.9. The van der Waals surface area contributed by atoms with Gasteiger partial charge in [0.25, 0.3) is 0 Å². The van der Waals surface area contributed by atoms with Gasteiger partial charge in [0.1, 0.15) is 5.75 Å². The minimum Gasteiger partial charge on any atom is -0.494 e. The van der Waals surface area contributed by atoms with Crippen molar-refractivity contribution in [3.63, 3.8) is 0 Å². The molecule has 1 aromatic rings. The molecule has 0 bridgehead atoms. The van der Waals surface area contributed by atoms with Gasteiger partial charge in [0, 0.05) is 0 Å². The van der Waals surface area contributed by atoms with Crippen LogP contribution in [0.4, 0.5) is 0 Å². The summed E-state index contributed by atoms with van der Waals surface area (Å²) in [5.41, 5.74) is 1.44. The van der Waals surface area contributed by atoms with E-state index in [9.17, 15) is 0 Å². The zero-order valence-electron chi connectivity index (χ0n) is 13.0. The first kappa shape index (κ1) is 16.1. The van der Waals surface area contributed by atoms with E-state index < -0.39 is 0 Å². The summed E-state index contributed by atoms with van der Waals surface area (Å²) < 4.78 is 5.67. The topological polar surface area (TPSA) is 9.23 Å². The molecule has 0 heterocycles. The van der Waals surface area contributed by atoms with Crippen LogP contribution in [0, 0.1) is 5.92 Å². The molecule has 0 saturated carbocycles. The van der Waals surface area contributed by atoms with E-state index in [0.717, 1.165) is 24.7 Å². The summed E-state index contributed by atoms with van der Waals surface area (Å²) in [6, 6.07) is 8.64. The summed E-state index contributed by atoms with van der Waals surface area (Å²) in [5.74, 6) is 1.86. The molecule has 0 saturated heterocycles. The van der Waals surface area contributed by atoms with Crippen LogP contribution in [0.2, 0.25) is 0 Å². The van der Waals surface area contributed by atoms with Crippen LogP contribution in [0.3, 0.4) is 0 Å². The van der Waals surface area contributed by atoms with E-state index in [-0.39, 0.29) is 0 Å². The maximum Gasteiger partial charge on any atom is 0.119 e. The Morgan fingerprint density at radius 3 is 2.32 bits per heavy atom. The van der Waals surface area contributed by atoms with E-state index in [2.05, 4.69) is 45.0 Å². The van der Waals surface area contributed by atoms with Crippen LogP contribution in [0.15, 0.2) is 24.3 Å². The van der Waals surface area contributed by atoms with Crippen LogP contribution in [-0.4, -0.2) is 6.61 Å². The fourth-order valence-electron chi connectivity index (χ4n) is 2.15. The fraction of sp³-hybridized carbons (Fsp3) is 0.667. The maximum absolute atomic E-state index is 5.67. The standard InChI is InChI=1S/C18H30O/c1-4-5-15-19-18-13-11-17(12-14-18)10-8-6-7-9-16(2)3/h11-14,16H,4-10,15H2,1-3H3. The molecular weight excluding hydrogens is 232 g/mol. The van der Waals surface area contributed by atoms with Crippen molar-refractivity contribution in [2.45, 2.75) is 65.7 Å². The largest absolute Gasteiger partial charge is 0.494 e. The Morgan fingerprint density at radius 1 is 0.947 bits per heavy atom. The smallest absolute Gasteiger partial charge is 0.119 e. The summed E-state index contributed by atoms with van der Waals surface area (Å²) in [6.45, 7) is 7.63. The van der Waals surface area contributed by atoms with E-state index in [1.807, 2.05) is 0 Å². The average Bonchev–Trinajstić information content (AvgIpc) is 2.40. The first-order chi connectivity index (χ1) is 9.22. The molecule has 0 unspecified atom stereocenters. The summed E-state index contributed by atoms with van der Waals surface area (Å²) in [6.07, 6.45) is 8.93. The van der Waals surface area contributed by atoms with E-state index in [4.69, 9.17) is 4.74 Å². The second kappa shape index (κ2) is 9.89. The predicted octanol–water partition coefficient (Wildman–Crippen LogP) is 5.62. The third kappa shape index (κ3) is 7.92. The Hall–Kier alpha value is -0.980. The lowest BCUT2D eigenvalue weighted by Crippen LogP contribution is -1.96. The molecule has 0 spiro atoms. The number of benzene rings is 1. The molecule has 1 rings (SSSR count). The van der Waals surface area contributed by atoms with Crippen molar-refractivity contribution in [2.24, 2.45) is 5.92 Å². The van der Waals surface area contributed by atoms with E-state index in [0.29, 0.717) is 0 Å². The highest BCUT2D eigenvalue weighted by atomic mass is 16.5. The molecule has 0 atom stereocenters. The summed E-state index contributed by atoms with van der Waals surface area (Å²) in [4.78, 5) is 0. The predicted molar refractivity (Wildman–Crippen MR) is 83.9 cm³/mol. The Kier molecular flexibility index (Phi) is 8.36. The third-order valence-corrected chi connectivity index (χ3v) is 3.44. The van der Waals surface area contributed by atoms with Crippen molar-refractivity contribution >= 4 is 0 Å². The van der Waals surface area contributed by atoms with E-state index in [1.165, 1.54) is 44.1 Å². The van der Waals surface area contributed by atoms with Gasteiger partial charge in [0.2, 0.25) is 0 Å². The normalized spacial score (nSPS) is 10.9. The zero-order valence-corrected chi connectivity index (χ0v) is 13.0. The third-order valence-electron chi connectivity index (χ3n) is 3.44. The minimum atomic E-state index is 0.838. The number of hydrogen-bond acceptors (Lipinski definition) is 1. The molecule has 1 heteroatoms. The lowest BCUT2D eigenvalue weighted by molar-refractivity contribution is 0.309. The molecule has 0 aliphatic rings. The number of ether oxygens (including phenoxy) is 1. The Morgan fingerprint density at radius 2 is 1.68 bits per heavy atom. The van der Waals surface area contributed by atoms with Crippen LogP contribution in [0.1, 0.15) is 64.9 Å². The van der Waals surface area contributed by atoms with Crippen LogP contribution in [0.25, 0.3) is 0 Å². The van der Waals surface area contributed by atoms with Gasteiger partial charge in [-0.2, -0.15) is 0 Å². The van der Waals surface area contributed by atoms with Crippen molar-refractivity contribution in [3.05, 3.63) is 29.8 Å². The number of unbranched alkanes of at least 4 members (excludes halogenated alkanes) is 3. The number of rotatable bonds is 10. The van der Waals surface area contributed by atoms with Crippen LogP contribution in [-0.2, 0) is 6.42 Å². The van der Waals surface area contributed by atoms with E-state index >= 15 is 0 Å². The highest BCUT2D eigenvalue weighted by molar-refractivity contribution is 5.27. The molecule has 0 aliphatic heterocycles. The lowest BCUT2D eigenvalue weighted by Gasteiger charge is -2.07. The van der Waals surface area contributed by atoms with Gasteiger partial charge in [-0.3, -0.25) is 0 Å². The van der Waals surface area contributed by atoms with Gasteiger partial charge in [0.05, 0.1) is 6.61 Å². The monoisotopic (exact) mass is 262 g/mol. The summed E-state index contributed by atoms with van der Waals surface area (Å²) >= 11 is 0. The Bertz CT molecular complexity index is 313. The molecular formula is C18H30O. The summed E-state index contributed by atoms with van der Waals surface area (Å²) in [5, 5.41) is 0. The first-order valence-corrected chi connectivity index (χ1v) is 7.94. The van der Waals surface area contributed by atoms with Crippen molar-refractivity contribution < 1.29 is 4.74 Å². The molecule has 0 N–H and O–H groups in total. The van der Waals surface area contributed by atoms with Crippen LogP contribution >= 0.6 is 0 Å². The van der Waals surface area contributed by atoms with Gasteiger partial charge >= 0.3 is 0 Å². The number of hydrogen-bond donors (Lipinski definition) is 0. The minimum absolute atomic E-state index is 0.838. The average molecular weight is 262 g/mol.